The predicted octanol–water partition coefficient (Wildman–Crippen LogP) is 1.16. The van der Waals surface area contributed by atoms with Gasteiger partial charge in [-0.2, -0.15) is 0 Å². The van der Waals surface area contributed by atoms with Gasteiger partial charge in [-0.05, 0) is 12.1 Å². The molecule has 0 N–H and O–H groups in total. The molecule has 1 heterocycles. The predicted molar refractivity (Wildman–Crippen MR) is 48.3 cm³/mol. The Morgan fingerprint density at radius 3 is 2.50 bits per heavy atom. The summed E-state index contributed by atoms with van der Waals surface area (Å²) in [7, 11) is 3.79. The molecule has 0 saturated heterocycles. The summed E-state index contributed by atoms with van der Waals surface area (Å²) in [4.78, 5) is 16.7. The molecule has 0 fully saturated rings. The number of ketones is 1. The second-order valence-electron chi connectivity index (χ2n) is 2.72. The average Bonchev–Trinajstić information content (AvgIpc) is 2.04. The van der Waals surface area contributed by atoms with Crippen LogP contribution >= 0.6 is 0 Å². The lowest BCUT2D eigenvalue weighted by atomic mass is 10.2. The number of hydrogen-bond donors (Lipinski definition) is 0. The van der Waals surface area contributed by atoms with Gasteiger partial charge in [0.1, 0.15) is 5.82 Å². The summed E-state index contributed by atoms with van der Waals surface area (Å²) in [6.45, 7) is 3.29. The summed E-state index contributed by atoms with van der Waals surface area (Å²) in [5.74, 6) is 0.632. The van der Waals surface area contributed by atoms with Crippen molar-refractivity contribution >= 4 is 11.6 Å². The molecule has 0 aromatic carbocycles. The van der Waals surface area contributed by atoms with Crippen molar-refractivity contribution in [1.82, 2.24) is 4.98 Å². The van der Waals surface area contributed by atoms with E-state index in [1.54, 1.807) is 12.1 Å². The van der Waals surface area contributed by atoms with Gasteiger partial charge < -0.3 is 4.90 Å². The Labute approximate surface area is 72.0 Å². The molecule has 0 amide bonds. The highest BCUT2D eigenvalue weighted by Crippen LogP contribution is 2.07. The third kappa shape index (κ3) is 1.81. The number of nitrogens with zero attached hydrogens (tertiary/aromatic N) is 2. The first-order valence-electron chi connectivity index (χ1n) is 3.61. The van der Waals surface area contributed by atoms with Crippen LogP contribution in [-0.4, -0.2) is 24.9 Å². The second-order valence-corrected chi connectivity index (χ2v) is 2.72. The van der Waals surface area contributed by atoms with Gasteiger partial charge in [-0.1, -0.05) is 0 Å². The van der Waals surface area contributed by atoms with E-state index in [0.717, 1.165) is 5.82 Å². The Hall–Kier alpha value is -1.38. The van der Waals surface area contributed by atoms with Crippen LogP contribution < -0.4 is 4.90 Å². The molecule has 0 aliphatic rings. The van der Waals surface area contributed by atoms with Crippen LogP contribution in [0.5, 0.6) is 0 Å². The summed E-state index contributed by atoms with van der Waals surface area (Å²) in [6, 6.07) is 3.51. The average molecular weight is 163 g/mol. The third-order valence-corrected chi connectivity index (χ3v) is 1.53. The molecule has 12 heavy (non-hydrogen) atoms. The van der Waals surface area contributed by atoms with Crippen molar-refractivity contribution < 1.29 is 4.79 Å². The highest BCUT2D eigenvalue weighted by Gasteiger charge is 2.00. The molecule has 1 aromatic rings. The zero-order valence-corrected chi connectivity index (χ0v) is 7.24. The molecule has 0 aliphatic carbocycles. The summed E-state index contributed by atoms with van der Waals surface area (Å²) in [6.07, 6.45) is 1.53. The van der Waals surface area contributed by atoms with E-state index in [1.165, 1.54) is 6.20 Å². The van der Waals surface area contributed by atoms with Crippen LogP contribution in [0.2, 0.25) is 0 Å². The molecule has 3 heteroatoms. The van der Waals surface area contributed by atoms with E-state index in [1.807, 2.05) is 19.0 Å². The number of aromatic nitrogens is 1. The quantitative estimate of drug-likeness (QED) is 0.613. The minimum atomic E-state index is -0.201. The van der Waals surface area contributed by atoms with E-state index in [2.05, 4.69) is 11.9 Å². The zero-order chi connectivity index (χ0) is 9.14. The summed E-state index contributed by atoms with van der Waals surface area (Å²) in [5.41, 5.74) is 0.542. The van der Waals surface area contributed by atoms with Gasteiger partial charge in [0.2, 0.25) is 0 Å². The molecule has 0 bridgehead atoms. The van der Waals surface area contributed by atoms with Crippen molar-refractivity contribution in [3.8, 4) is 0 Å². The van der Waals surface area contributed by atoms with Gasteiger partial charge in [-0.3, -0.25) is 4.79 Å². The fourth-order valence-electron chi connectivity index (χ4n) is 0.816. The van der Waals surface area contributed by atoms with Gasteiger partial charge in [0, 0.05) is 32.8 Å². The minimum absolute atomic E-state index is 0.201. The van der Waals surface area contributed by atoms with Gasteiger partial charge in [0.25, 0.3) is 0 Å². The van der Waals surface area contributed by atoms with Crippen LogP contribution in [0.15, 0.2) is 18.3 Å². The number of pyridine rings is 1. The molecule has 0 unspecified atom stereocenters. The van der Waals surface area contributed by atoms with E-state index in [0.29, 0.717) is 5.56 Å². The van der Waals surface area contributed by atoms with Crippen molar-refractivity contribution in [2.24, 2.45) is 0 Å². The number of anilines is 1. The molecular formula is C9H11N2O. The summed E-state index contributed by atoms with van der Waals surface area (Å²) >= 11 is 0. The first-order valence-corrected chi connectivity index (χ1v) is 3.61. The normalized spacial score (nSPS) is 9.58. The Kier molecular flexibility index (Phi) is 2.43. The number of hydrogen-bond acceptors (Lipinski definition) is 3. The molecule has 63 valence electrons. The smallest absolute Gasteiger partial charge is 0.164 e. The Balaban J connectivity index is 2.93. The van der Waals surface area contributed by atoms with Gasteiger partial charge in [-0.25, -0.2) is 4.98 Å². The van der Waals surface area contributed by atoms with Crippen LogP contribution in [0.25, 0.3) is 0 Å². The summed E-state index contributed by atoms with van der Waals surface area (Å²) in [5, 5.41) is 0. The summed E-state index contributed by atoms with van der Waals surface area (Å²) < 4.78 is 0. The number of rotatable bonds is 2. The molecule has 0 saturated carbocycles. The first-order chi connectivity index (χ1) is 5.61. The van der Waals surface area contributed by atoms with Crippen molar-refractivity contribution in [2.45, 2.75) is 0 Å². The van der Waals surface area contributed by atoms with Crippen molar-refractivity contribution in [3.05, 3.63) is 30.8 Å². The molecule has 1 aromatic heterocycles. The van der Waals surface area contributed by atoms with E-state index >= 15 is 0 Å². The van der Waals surface area contributed by atoms with Crippen molar-refractivity contribution in [2.75, 3.05) is 19.0 Å². The van der Waals surface area contributed by atoms with E-state index in [4.69, 9.17) is 0 Å². The molecular weight excluding hydrogens is 152 g/mol. The highest BCUT2D eigenvalue weighted by molar-refractivity contribution is 5.99. The van der Waals surface area contributed by atoms with Gasteiger partial charge in [0.15, 0.2) is 5.78 Å². The van der Waals surface area contributed by atoms with Crippen molar-refractivity contribution in [3.63, 3.8) is 0 Å². The minimum Gasteiger partial charge on any atom is -0.363 e. The number of carbonyl (C=O) groups excluding carboxylic acids is 1. The van der Waals surface area contributed by atoms with Crippen LogP contribution in [-0.2, 0) is 0 Å². The topological polar surface area (TPSA) is 33.2 Å². The van der Waals surface area contributed by atoms with Crippen LogP contribution in [0.4, 0.5) is 5.82 Å². The van der Waals surface area contributed by atoms with Gasteiger partial charge in [-0.15, -0.1) is 0 Å². The van der Waals surface area contributed by atoms with Gasteiger partial charge in [0.05, 0.1) is 0 Å². The lowest BCUT2D eigenvalue weighted by Gasteiger charge is -2.10. The molecule has 1 rings (SSSR count). The number of carbonyl (C=O) groups is 1. The highest BCUT2D eigenvalue weighted by atomic mass is 16.1. The standard InChI is InChI=1S/C9H11N2O/c1-7(12)8-4-5-9(10-6-8)11(2)3/h4-6H,1H2,2-3H3. The Bertz CT molecular complexity index is 277. The molecule has 0 spiro atoms. The largest absolute Gasteiger partial charge is 0.363 e. The van der Waals surface area contributed by atoms with Crippen molar-refractivity contribution in [1.29, 1.82) is 0 Å². The Morgan fingerprint density at radius 1 is 1.50 bits per heavy atom. The van der Waals surface area contributed by atoms with Crippen LogP contribution in [0.1, 0.15) is 10.4 Å². The molecule has 3 nitrogen and oxygen atoms in total. The maximum absolute atomic E-state index is 10.8. The molecule has 0 atom stereocenters. The zero-order valence-electron chi connectivity index (χ0n) is 7.24. The monoisotopic (exact) mass is 163 g/mol. The SMILES string of the molecule is [CH2]C(=O)c1ccc(N(C)C)nc1. The lowest BCUT2D eigenvalue weighted by Crippen LogP contribution is -2.10. The van der Waals surface area contributed by atoms with Gasteiger partial charge >= 0.3 is 0 Å². The Morgan fingerprint density at radius 2 is 2.17 bits per heavy atom. The van der Waals surface area contributed by atoms with E-state index in [9.17, 15) is 4.79 Å². The van der Waals surface area contributed by atoms with Crippen LogP contribution in [0.3, 0.4) is 0 Å². The van der Waals surface area contributed by atoms with E-state index in [-0.39, 0.29) is 5.78 Å². The number of Topliss-reactive ketones (excluding diaryl/α,β-unsaturated/α-hetero) is 1. The fraction of sp³-hybridized carbons (Fsp3) is 0.222. The maximum Gasteiger partial charge on any atom is 0.164 e. The molecule has 1 radical (unpaired) electrons. The second kappa shape index (κ2) is 3.34. The first kappa shape index (κ1) is 8.71. The lowest BCUT2D eigenvalue weighted by molar-refractivity contribution is 0.104. The van der Waals surface area contributed by atoms with Crippen LogP contribution in [0, 0.1) is 6.92 Å². The fourth-order valence-corrected chi connectivity index (χ4v) is 0.816. The molecule has 0 aliphatic heterocycles. The third-order valence-electron chi connectivity index (χ3n) is 1.53. The maximum atomic E-state index is 10.8. The van der Waals surface area contributed by atoms with E-state index < -0.39 is 0 Å².